The third-order valence-corrected chi connectivity index (χ3v) is 3.72. The zero-order chi connectivity index (χ0) is 13.8. The molecule has 0 unspecified atom stereocenters. The molecule has 0 spiro atoms. The Kier molecular flexibility index (Phi) is 4.49. The topological polar surface area (TPSA) is 79.7 Å². The predicted molar refractivity (Wildman–Crippen MR) is 69.1 cm³/mol. The Hall–Kier alpha value is -1.47. The van der Waals surface area contributed by atoms with Gasteiger partial charge in [-0.3, -0.25) is 9.59 Å². The number of carbonyl (C=O) groups excluding carboxylic acids is 1. The maximum Gasteiger partial charge on any atom is 0.306 e. The van der Waals surface area contributed by atoms with Gasteiger partial charge in [-0.15, -0.1) is 11.3 Å². The average Bonchev–Trinajstić information content (AvgIpc) is 2.74. The van der Waals surface area contributed by atoms with Crippen molar-refractivity contribution in [3.8, 4) is 0 Å². The molecule has 104 valence electrons. The number of thiazole rings is 1. The van der Waals surface area contributed by atoms with E-state index in [4.69, 9.17) is 9.84 Å². The highest BCUT2D eigenvalue weighted by molar-refractivity contribution is 7.09. The molecule has 1 N–H and O–H groups in total. The molecule has 1 saturated heterocycles. The van der Waals surface area contributed by atoms with Crippen LogP contribution < -0.4 is 0 Å². The van der Waals surface area contributed by atoms with Crippen molar-refractivity contribution in [2.75, 3.05) is 19.7 Å². The summed E-state index contributed by atoms with van der Waals surface area (Å²) in [7, 11) is 0. The lowest BCUT2D eigenvalue weighted by atomic mass is 10.2. The molecule has 0 aromatic carbocycles. The molecule has 0 bridgehead atoms. The number of nitrogens with zero attached hydrogens (tertiary/aromatic N) is 2. The lowest BCUT2D eigenvalue weighted by Crippen LogP contribution is -2.46. The van der Waals surface area contributed by atoms with Gasteiger partial charge in [0, 0.05) is 18.5 Å². The number of carboxylic acids is 1. The van der Waals surface area contributed by atoms with Crippen LogP contribution in [0.4, 0.5) is 0 Å². The fourth-order valence-corrected chi connectivity index (χ4v) is 2.63. The number of aromatic nitrogens is 1. The Morgan fingerprint density at radius 1 is 1.63 bits per heavy atom. The van der Waals surface area contributed by atoms with Gasteiger partial charge in [-0.25, -0.2) is 4.98 Å². The number of amides is 1. The summed E-state index contributed by atoms with van der Waals surface area (Å²) in [4.78, 5) is 28.7. The smallest absolute Gasteiger partial charge is 0.306 e. The highest BCUT2D eigenvalue weighted by atomic mass is 32.1. The van der Waals surface area contributed by atoms with Gasteiger partial charge in [-0.2, -0.15) is 0 Å². The van der Waals surface area contributed by atoms with Crippen LogP contribution in [0.25, 0.3) is 0 Å². The van der Waals surface area contributed by atoms with Gasteiger partial charge in [0.2, 0.25) is 5.91 Å². The van der Waals surface area contributed by atoms with Gasteiger partial charge in [0.25, 0.3) is 0 Å². The summed E-state index contributed by atoms with van der Waals surface area (Å²) in [6.45, 7) is 3.14. The second-order valence-electron chi connectivity index (χ2n) is 4.47. The van der Waals surface area contributed by atoms with Crippen molar-refractivity contribution in [2.45, 2.75) is 25.9 Å². The molecule has 2 heterocycles. The molecule has 2 rings (SSSR count). The molecular weight excluding hydrogens is 268 g/mol. The van der Waals surface area contributed by atoms with E-state index in [-0.39, 0.29) is 18.7 Å². The molecular formula is C12H16N2O4S. The van der Waals surface area contributed by atoms with Gasteiger partial charge in [-0.1, -0.05) is 0 Å². The Morgan fingerprint density at radius 2 is 2.42 bits per heavy atom. The zero-order valence-corrected chi connectivity index (χ0v) is 11.5. The van der Waals surface area contributed by atoms with Crippen LogP contribution in [-0.2, 0) is 20.7 Å². The predicted octanol–water partition coefficient (Wildman–Crippen LogP) is 0.696. The third kappa shape index (κ3) is 4.00. The van der Waals surface area contributed by atoms with Crippen LogP contribution in [0.1, 0.15) is 17.1 Å². The lowest BCUT2D eigenvalue weighted by molar-refractivity contribution is -0.147. The van der Waals surface area contributed by atoms with Crippen LogP contribution >= 0.6 is 11.3 Å². The zero-order valence-electron chi connectivity index (χ0n) is 10.7. The van der Waals surface area contributed by atoms with Crippen molar-refractivity contribution in [2.24, 2.45) is 0 Å². The largest absolute Gasteiger partial charge is 0.481 e. The van der Waals surface area contributed by atoms with Gasteiger partial charge >= 0.3 is 5.97 Å². The standard InChI is InChI=1S/C12H16N2O4S/c1-8-13-9(7-19-8)4-11(15)14-2-3-18-10(6-14)5-12(16)17/h7,10H,2-6H2,1H3,(H,16,17)/t10-/m1/s1. The summed E-state index contributed by atoms with van der Waals surface area (Å²) in [5.74, 6) is -0.932. The minimum atomic E-state index is -0.908. The molecule has 0 saturated carbocycles. The van der Waals surface area contributed by atoms with Crippen LogP contribution in [0.3, 0.4) is 0 Å². The molecule has 1 aromatic heterocycles. The molecule has 6 nitrogen and oxygen atoms in total. The minimum Gasteiger partial charge on any atom is -0.481 e. The number of ether oxygens (including phenoxy) is 1. The van der Waals surface area contributed by atoms with Crippen LogP contribution in [0, 0.1) is 6.92 Å². The lowest BCUT2D eigenvalue weighted by Gasteiger charge is -2.32. The maximum absolute atomic E-state index is 12.1. The molecule has 7 heteroatoms. The number of morpholine rings is 1. The van der Waals surface area contributed by atoms with Crippen molar-refractivity contribution in [1.29, 1.82) is 0 Å². The fraction of sp³-hybridized carbons (Fsp3) is 0.583. The second-order valence-corrected chi connectivity index (χ2v) is 5.53. The van der Waals surface area contributed by atoms with E-state index in [1.54, 1.807) is 4.90 Å². The van der Waals surface area contributed by atoms with Crippen LogP contribution in [0.2, 0.25) is 0 Å². The first-order valence-electron chi connectivity index (χ1n) is 6.07. The molecule has 1 aliphatic rings. The molecule has 1 amide bonds. The number of aliphatic carboxylic acids is 1. The van der Waals surface area contributed by atoms with Crippen molar-refractivity contribution in [1.82, 2.24) is 9.88 Å². The van der Waals surface area contributed by atoms with Crippen molar-refractivity contribution in [3.63, 3.8) is 0 Å². The van der Waals surface area contributed by atoms with Crippen molar-refractivity contribution >= 4 is 23.2 Å². The number of hydrogen-bond donors (Lipinski definition) is 1. The second kappa shape index (κ2) is 6.12. The van der Waals surface area contributed by atoms with Gasteiger partial charge < -0.3 is 14.7 Å². The first-order chi connectivity index (χ1) is 9.04. The van der Waals surface area contributed by atoms with Gasteiger partial charge in [0.1, 0.15) is 0 Å². The summed E-state index contributed by atoms with van der Waals surface area (Å²) >= 11 is 1.52. The molecule has 1 aliphatic heterocycles. The summed E-state index contributed by atoms with van der Waals surface area (Å²) in [6.07, 6.45) is -0.212. The Bertz CT molecular complexity index is 474. The minimum absolute atomic E-state index is 0.0241. The summed E-state index contributed by atoms with van der Waals surface area (Å²) in [5, 5.41) is 11.6. The quantitative estimate of drug-likeness (QED) is 0.880. The first kappa shape index (κ1) is 14.0. The number of carbonyl (C=O) groups is 2. The van der Waals surface area contributed by atoms with Crippen molar-refractivity contribution < 1.29 is 19.4 Å². The highest BCUT2D eigenvalue weighted by Crippen LogP contribution is 2.13. The summed E-state index contributed by atoms with van der Waals surface area (Å²) < 4.78 is 5.34. The van der Waals surface area contributed by atoms with Gasteiger partial charge in [-0.05, 0) is 6.92 Å². The van der Waals surface area contributed by atoms with E-state index in [1.807, 2.05) is 12.3 Å². The number of carboxylic acid groups (broad SMARTS) is 1. The van der Waals surface area contributed by atoms with Crippen LogP contribution in [-0.4, -0.2) is 52.7 Å². The Balaban J connectivity index is 1.89. The molecule has 1 atom stereocenters. The van der Waals surface area contributed by atoms with Crippen LogP contribution in [0.5, 0.6) is 0 Å². The highest BCUT2D eigenvalue weighted by Gasteiger charge is 2.26. The Labute approximate surface area is 115 Å². The van der Waals surface area contributed by atoms with Crippen LogP contribution in [0.15, 0.2) is 5.38 Å². The normalized spacial score (nSPS) is 19.4. The average molecular weight is 284 g/mol. The number of rotatable bonds is 4. The van der Waals surface area contributed by atoms with E-state index in [0.29, 0.717) is 19.7 Å². The van der Waals surface area contributed by atoms with Gasteiger partial charge in [0.05, 0.1) is 36.3 Å². The molecule has 19 heavy (non-hydrogen) atoms. The molecule has 1 aromatic rings. The third-order valence-electron chi connectivity index (χ3n) is 2.89. The SMILES string of the molecule is Cc1nc(CC(=O)N2CCO[C@H](CC(=O)O)C2)cs1. The Morgan fingerprint density at radius 3 is 3.05 bits per heavy atom. The number of aryl methyl sites for hydroxylation is 1. The monoisotopic (exact) mass is 284 g/mol. The van der Waals surface area contributed by atoms with E-state index >= 15 is 0 Å². The summed E-state index contributed by atoms with van der Waals surface area (Å²) in [6, 6.07) is 0. The van der Waals surface area contributed by atoms with E-state index in [2.05, 4.69) is 4.98 Å². The van der Waals surface area contributed by atoms with Gasteiger partial charge in [0.15, 0.2) is 0 Å². The maximum atomic E-state index is 12.1. The summed E-state index contributed by atoms with van der Waals surface area (Å²) in [5.41, 5.74) is 0.772. The van der Waals surface area contributed by atoms with E-state index in [0.717, 1.165) is 10.7 Å². The first-order valence-corrected chi connectivity index (χ1v) is 6.94. The van der Waals surface area contributed by atoms with E-state index in [1.165, 1.54) is 11.3 Å². The van der Waals surface area contributed by atoms with E-state index in [9.17, 15) is 9.59 Å². The number of hydrogen-bond acceptors (Lipinski definition) is 5. The fourth-order valence-electron chi connectivity index (χ4n) is 2.02. The molecule has 0 aliphatic carbocycles. The van der Waals surface area contributed by atoms with Crippen molar-refractivity contribution in [3.05, 3.63) is 16.1 Å². The molecule has 0 radical (unpaired) electrons. The van der Waals surface area contributed by atoms with E-state index < -0.39 is 12.1 Å². The molecule has 1 fully saturated rings.